The van der Waals surface area contributed by atoms with Gasteiger partial charge in [-0.3, -0.25) is 0 Å². The molecule has 0 spiro atoms. The van der Waals surface area contributed by atoms with E-state index in [4.69, 9.17) is 0 Å². The molecule has 3 N–H and O–H groups in total. The van der Waals surface area contributed by atoms with Crippen LogP contribution in [-0.2, 0) is 0 Å². The minimum absolute atomic E-state index is 0.649. The largest absolute Gasteiger partial charge is 0.381 e. The summed E-state index contributed by atoms with van der Waals surface area (Å²) >= 11 is 0. The van der Waals surface area contributed by atoms with Crippen molar-refractivity contribution in [1.82, 2.24) is 0 Å². The first kappa shape index (κ1) is 20.1. The van der Waals surface area contributed by atoms with Crippen molar-refractivity contribution in [2.75, 3.05) is 16.0 Å². The van der Waals surface area contributed by atoms with E-state index in [0.717, 1.165) is 10.2 Å². The summed E-state index contributed by atoms with van der Waals surface area (Å²) in [5.74, 6) is 0. The molecule has 3 fully saturated rings. The summed E-state index contributed by atoms with van der Waals surface area (Å²) in [6.07, 6.45) is 20.6. The van der Waals surface area contributed by atoms with E-state index in [1.54, 1.807) is 0 Å². The van der Waals surface area contributed by atoms with Crippen molar-refractivity contribution in [3.05, 3.63) is 12.1 Å². The predicted molar refractivity (Wildman–Crippen MR) is 128 cm³/mol. The molecule has 0 aromatic heterocycles. The molecule has 1 aromatic carbocycles. The van der Waals surface area contributed by atoms with Crippen molar-refractivity contribution in [1.29, 1.82) is 0 Å². The summed E-state index contributed by atoms with van der Waals surface area (Å²) in [5.41, 5.74) is 4.19. The van der Waals surface area contributed by atoms with Gasteiger partial charge in [0.2, 0.25) is 0 Å². The van der Waals surface area contributed by atoms with Gasteiger partial charge in [0.05, 0.1) is 17.1 Å². The van der Waals surface area contributed by atoms with Crippen LogP contribution in [0.2, 0.25) is 0 Å². The first-order chi connectivity index (χ1) is 13.8. The van der Waals surface area contributed by atoms with Crippen LogP contribution < -0.4 is 21.1 Å². The summed E-state index contributed by atoms with van der Waals surface area (Å²) in [5, 5.41) is 13.5. The highest BCUT2D eigenvalue weighted by Gasteiger charge is 2.22. The van der Waals surface area contributed by atoms with Gasteiger partial charge in [0.15, 0.2) is 0 Å². The van der Waals surface area contributed by atoms with Crippen LogP contribution in [0.1, 0.15) is 96.3 Å². The van der Waals surface area contributed by atoms with E-state index in [2.05, 4.69) is 28.1 Å². The number of anilines is 3. The summed E-state index contributed by atoms with van der Waals surface area (Å²) in [6.45, 7) is 0. The molecule has 156 valence electrons. The Hall–Kier alpha value is -1.16. The Morgan fingerprint density at radius 2 is 0.964 bits per heavy atom. The van der Waals surface area contributed by atoms with Crippen molar-refractivity contribution < 1.29 is 0 Å². The van der Waals surface area contributed by atoms with E-state index in [-0.39, 0.29) is 0 Å². The fraction of sp³-hybridized carbons (Fsp3) is 0.750. The quantitative estimate of drug-likeness (QED) is 0.595. The Morgan fingerprint density at radius 3 is 1.46 bits per heavy atom. The van der Waals surface area contributed by atoms with Gasteiger partial charge in [-0.25, -0.2) is 0 Å². The van der Waals surface area contributed by atoms with Gasteiger partial charge < -0.3 is 16.0 Å². The number of nitrogens with one attached hydrogen (secondary N) is 3. The van der Waals surface area contributed by atoms with Gasteiger partial charge in [-0.1, -0.05) is 63.9 Å². The molecule has 3 aliphatic carbocycles. The zero-order chi connectivity index (χ0) is 19.2. The van der Waals surface area contributed by atoms with Crippen molar-refractivity contribution in [3.8, 4) is 0 Å². The van der Waals surface area contributed by atoms with Gasteiger partial charge >= 0.3 is 0 Å². The summed E-state index contributed by atoms with van der Waals surface area (Å²) in [4.78, 5) is 0. The van der Waals surface area contributed by atoms with Crippen molar-refractivity contribution in [2.45, 2.75) is 114 Å². The lowest BCUT2D eigenvalue weighted by Gasteiger charge is -2.32. The first-order valence-corrected chi connectivity index (χ1v) is 13.2. The maximum Gasteiger partial charge on any atom is 0.0812 e. The Labute approximate surface area is 175 Å². The number of hydrogen-bond donors (Lipinski definition) is 3. The molecule has 0 unspecified atom stereocenters. The highest BCUT2D eigenvalue weighted by Crippen LogP contribution is 2.35. The highest BCUT2D eigenvalue weighted by atomic mass is 28.1. The lowest BCUT2D eigenvalue weighted by atomic mass is 9.93. The predicted octanol–water partition coefficient (Wildman–Crippen LogP) is 4.91. The fourth-order valence-corrected chi connectivity index (χ4v) is 6.09. The molecule has 0 bridgehead atoms. The summed E-state index contributed by atoms with van der Waals surface area (Å²) in [7, 11) is 1.10. The zero-order valence-corrected chi connectivity index (χ0v) is 20.0. The molecule has 0 heterocycles. The molecular weight excluding hydrogens is 358 g/mol. The highest BCUT2D eigenvalue weighted by molar-refractivity contribution is 6.37. The average molecular weight is 400 g/mol. The normalized spacial score (nSPS) is 22.9. The van der Waals surface area contributed by atoms with Crippen molar-refractivity contribution >= 4 is 32.5 Å². The standard InChI is InChI=1S/C24H41N3Si/c28-22-17-16-21(25-18-10-4-1-5-11-18)23(26-19-12-6-2-7-13-19)24(22)27-20-14-8-3-9-15-20/h16-20,25-27H,1-15H2,28H3. The van der Waals surface area contributed by atoms with Crippen molar-refractivity contribution in [2.24, 2.45) is 0 Å². The number of hydrogen-bond acceptors (Lipinski definition) is 3. The van der Waals surface area contributed by atoms with E-state index in [9.17, 15) is 0 Å². The van der Waals surface area contributed by atoms with Crippen LogP contribution >= 0.6 is 0 Å². The maximum atomic E-state index is 4.04. The van der Waals surface area contributed by atoms with Crippen LogP contribution in [0.4, 0.5) is 17.1 Å². The van der Waals surface area contributed by atoms with Gasteiger partial charge in [-0.05, 0) is 49.8 Å². The van der Waals surface area contributed by atoms with E-state index < -0.39 is 0 Å². The van der Waals surface area contributed by atoms with Crippen LogP contribution in [0.15, 0.2) is 12.1 Å². The molecule has 0 radical (unpaired) electrons. The van der Waals surface area contributed by atoms with Crippen LogP contribution in [0.5, 0.6) is 0 Å². The van der Waals surface area contributed by atoms with Crippen LogP contribution in [0.25, 0.3) is 0 Å². The number of benzene rings is 1. The molecule has 0 atom stereocenters. The minimum Gasteiger partial charge on any atom is -0.381 e. The average Bonchev–Trinajstić information content (AvgIpc) is 2.75. The Morgan fingerprint density at radius 1 is 0.536 bits per heavy atom. The monoisotopic (exact) mass is 399 g/mol. The van der Waals surface area contributed by atoms with Gasteiger partial charge in [0, 0.05) is 28.4 Å². The first-order valence-electron chi connectivity index (χ1n) is 12.2. The molecule has 3 nitrogen and oxygen atoms in total. The summed E-state index contributed by atoms with van der Waals surface area (Å²) < 4.78 is 0. The molecule has 28 heavy (non-hydrogen) atoms. The van der Waals surface area contributed by atoms with Crippen LogP contribution in [-0.4, -0.2) is 28.4 Å². The van der Waals surface area contributed by atoms with E-state index >= 15 is 0 Å². The van der Waals surface area contributed by atoms with Gasteiger partial charge in [0.1, 0.15) is 0 Å². The second-order valence-electron chi connectivity index (χ2n) is 9.62. The Kier molecular flexibility index (Phi) is 7.22. The lowest BCUT2D eigenvalue weighted by Crippen LogP contribution is -2.30. The molecule has 4 rings (SSSR count). The second-order valence-corrected chi connectivity index (χ2v) is 10.7. The Bertz CT molecular complexity index is 615. The Balaban J connectivity index is 1.58. The molecule has 1 aromatic rings. The molecular formula is C24H41N3Si. The van der Waals surface area contributed by atoms with E-state index in [0.29, 0.717) is 18.1 Å². The molecule has 3 aliphatic rings. The van der Waals surface area contributed by atoms with E-state index in [1.807, 2.05) is 0 Å². The molecule has 0 aliphatic heterocycles. The summed E-state index contributed by atoms with van der Waals surface area (Å²) in [6, 6.07) is 6.72. The SMILES string of the molecule is [SiH3]c1ccc(NC2CCCCC2)c(NC2CCCCC2)c1NC1CCCCC1. The number of rotatable bonds is 6. The molecule has 0 amide bonds. The maximum absolute atomic E-state index is 4.04. The molecule has 3 saturated carbocycles. The zero-order valence-electron chi connectivity index (χ0n) is 18.0. The minimum atomic E-state index is 0.649. The van der Waals surface area contributed by atoms with Gasteiger partial charge in [0.25, 0.3) is 0 Å². The third-order valence-electron chi connectivity index (χ3n) is 7.29. The van der Waals surface area contributed by atoms with Gasteiger partial charge in [-0.15, -0.1) is 0 Å². The van der Waals surface area contributed by atoms with Crippen molar-refractivity contribution in [3.63, 3.8) is 0 Å². The fourth-order valence-electron chi connectivity index (χ4n) is 5.53. The van der Waals surface area contributed by atoms with Crippen LogP contribution in [0, 0.1) is 0 Å². The smallest absolute Gasteiger partial charge is 0.0812 e. The molecule has 4 heteroatoms. The van der Waals surface area contributed by atoms with E-state index in [1.165, 1.54) is 119 Å². The third kappa shape index (κ3) is 5.25. The van der Waals surface area contributed by atoms with Gasteiger partial charge in [-0.2, -0.15) is 0 Å². The lowest BCUT2D eigenvalue weighted by molar-refractivity contribution is 0.458. The third-order valence-corrected chi connectivity index (χ3v) is 8.12. The topological polar surface area (TPSA) is 36.1 Å². The second kappa shape index (κ2) is 10.0. The van der Waals surface area contributed by atoms with Crippen LogP contribution in [0.3, 0.4) is 0 Å². The molecule has 0 saturated heterocycles.